The van der Waals surface area contributed by atoms with E-state index in [1.807, 2.05) is 72.3 Å². The average molecular weight is 385 g/mol. The van der Waals surface area contributed by atoms with Crippen LogP contribution in [0.15, 0.2) is 64.6 Å². The van der Waals surface area contributed by atoms with Gasteiger partial charge in [-0.2, -0.15) is 0 Å². The molecule has 3 aromatic rings. The van der Waals surface area contributed by atoms with Crippen LogP contribution in [-0.4, -0.2) is 32.7 Å². The largest absolute Gasteiger partial charge is 0.325 e. The molecule has 0 spiro atoms. The van der Waals surface area contributed by atoms with Crippen molar-refractivity contribution in [2.24, 2.45) is 0 Å². The van der Waals surface area contributed by atoms with Crippen molar-refractivity contribution in [3.63, 3.8) is 0 Å². The first-order valence-corrected chi connectivity index (χ1v) is 10.5. The van der Waals surface area contributed by atoms with Crippen molar-refractivity contribution in [1.82, 2.24) is 14.8 Å². The average Bonchev–Trinajstić information content (AvgIpc) is 3.10. The second-order valence-electron chi connectivity index (χ2n) is 5.48. The number of hydrogen-bond donors (Lipinski definition) is 1. The van der Waals surface area contributed by atoms with E-state index in [1.54, 1.807) is 11.8 Å². The monoisotopic (exact) mass is 384 g/mol. The molecule has 1 heterocycles. The molecular formula is C19H20N4OS2. The summed E-state index contributed by atoms with van der Waals surface area (Å²) in [5.41, 5.74) is 1.82. The lowest BCUT2D eigenvalue weighted by Gasteiger charge is -2.08. The summed E-state index contributed by atoms with van der Waals surface area (Å²) in [6.45, 7) is 2.80. The first kappa shape index (κ1) is 18.5. The number of nitrogens with one attached hydrogen (secondary N) is 1. The molecule has 2 aromatic carbocycles. The van der Waals surface area contributed by atoms with E-state index in [0.717, 1.165) is 28.8 Å². The van der Waals surface area contributed by atoms with Crippen LogP contribution >= 0.6 is 23.5 Å². The normalized spacial score (nSPS) is 10.7. The molecule has 0 atom stereocenters. The summed E-state index contributed by atoms with van der Waals surface area (Å²) in [6, 6.07) is 17.8. The fraction of sp³-hybridized carbons (Fsp3) is 0.211. The lowest BCUT2D eigenvalue weighted by atomic mass is 10.2. The van der Waals surface area contributed by atoms with Crippen LogP contribution in [0.5, 0.6) is 0 Å². The third kappa shape index (κ3) is 4.47. The third-order valence-corrected chi connectivity index (χ3v) is 5.48. The summed E-state index contributed by atoms with van der Waals surface area (Å²) in [6.07, 6.45) is 2.03. The fourth-order valence-corrected chi connectivity index (χ4v) is 3.69. The molecule has 0 aliphatic heterocycles. The van der Waals surface area contributed by atoms with Gasteiger partial charge in [-0.05, 0) is 37.4 Å². The van der Waals surface area contributed by atoms with Gasteiger partial charge in [0, 0.05) is 22.7 Å². The van der Waals surface area contributed by atoms with E-state index in [4.69, 9.17) is 0 Å². The molecule has 1 aromatic heterocycles. The minimum Gasteiger partial charge on any atom is -0.325 e. The number of nitrogens with zero attached hydrogens (tertiary/aromatic N) is 3. The van der Waals surface area contributed by atoms with Crippen molar-refractivity contribution < 1.29 is 4.79 Å². The zero-order valence-corrected chi connectivity index (χ0v) is 16.3. The van der Waals surface area contributed by atoms with E-state index in [9.17, 15) is 4.79 Å². The highest BCUT2D eigenvalue weighted by molar-refractivity contribution is 7.99. The number of carbonyl (C=O) groups is 1. The summed E-state index contributed by atoms with van der Waals surface area (Å²) < 4.78 is 2.03. The van der Waals surface area contributed by atoms with Gasteiger partial charge in [-0.25, -0.2) is 0 Å². The molecule has 7 heteroatoms. The number of benzene rings is 2. The topological polar surface area (TPSA) is 59.8 Å². The third-order valence-electron chi connectivity index (χ3n) is 3.77. The predicted molar refractivity (Wildman–Crippen MR) is 109 cm³/mol. The maximum atomic E-state index is 12.2. The molecule has 26 heavy (non-hydrogen) atoms. The van der Waals surface area contributed by atoms with Gasteiger partial charge in [0.1, 0.15) is 0 Å². The van der Waals surface area contributed by atoms with Gasteiger partial charge < -0.3 is 9.88 Å². The minimum absolute atomic E-state index is 0.0567. The van der Waals surface area contributed by atoms with Gasteiger partial charge in [0.2, 0.25) is 5.91 Å². The first-order valence-electron chi connectivity index (χ1n) is 8.26. The Kier molecular flexibility index (Phi) is 6.35. The Morgan fingerprint density at radius 1 is 1.08 bits per heavy atom. The van der Waals surface area contributed by atoms with Crippen LogP contribution in [0.3, 0.4) is 0 Å². The molecular weight excluding hydrogens is 364 g/mol. The molecule has 0 fully saturated rings. The number of anilines is 1. The summed E-state index contributed by atoms with van der Waals surface area (Å²) in [5.74, 6) is 1.06. The van der Waals surface area contributed by atoms with E-state index in [2.05, 4.69) is 15.5 Å². The molecule has 134 valence electrons. The highest BCUT2D eigenvalue weighted by Gasteiger charge is 2.14. The number of thioether (sulfide) groups is 2. The van der Waals surface area contributed by atoms with Crippen molar-refractivity contribution in [3.8, 4) is 11.4 Å². The van der Waals surface area contributed by atoms with Gasteiger partial charge in [0.05, 0.1) is 5.75 Å². The van der Waals surface area contributed by atoms with Crippen molar-refractivity contribution in [2.75, 3.05) is 17.3 Å². The Hall–Kier alpha value is -2.25. The van der Waals surface area contributed by atoms with Gasteiger partial charge >= 0.3 is 0 Å². The Morgan fingerprint density at radius 2 is 1.81 bits per heavy atom. The number of aromatic nitrogens is 3. The maximum Gasteiger partial charge on any atom is 0.234 e. The van der Waals surface area contributed by atoms with E-state index < -0.39 is 0 Å². The molecule has 0 aliphatic rings. The van der Waals surface area contributed by atoms with E-state index in [0.29, 0.717) is 0 Å². The Morgan fingerprint density at radius 3 is 2.46 bits per heavy atom. The smallest absolute Gasteiger partial charge is 0.234 e. The number of amides is 1. The molecule has 0 unspecified atom stereocenters. The van der Waals surface area contributed by atoms with Crippen molar-refractivity contribution in [3.05, 3.63) is 54.6 Å². The van der Waals surface area contributed by atoms with Gasteiger partial charge in [-0.3, -0.25) is 4.79 Å². The van der Waals surface area contributed by atoms with Crippen LogP contribution < -0.4 is 5.32 Å². The van der Waals surface area contributed by atoms with Crippen molar-refractivity contribution >= 4 is 35.1 Å². The molecule has 1 amide bonds. The highest BCUT2D eigenvalue weighted by Crippen LogP contribution is 2.24. The van der Waals surface area contributed by atoms with E-state index >= 15 is 0 Å². The van der Waals surface area contributed by atoms with Crippen LogP contribution in [0.2, 0.25) is 0 Å². The molecule has 0 saturated carbocycles. The Labute approximate surface area is 161 Å². The summed E-state index contributed by atoms with van der Waals surface area (Å²) in [7, 11) is 0. The molecule has 5 nitrogen and oxygen atoms in total. The van der Waals surface area contributed by atoms with Crippen LogP contribution in [0, 0.1) is 0 Å². The van der Waals surface area contributed by atoms with Crippen LogP contribution in [0.4, 0.5) is 5.69 Å². The molecule has 1 N–H and O–H groups in total. The van der Waals surface area contributed by atoms with Gasteiger partial charge in [0.15, 0.2) is 11.0 Å². The van der Waals surface area contributed by atoms with Gasteiger partial charge in [-0.1, -0.05) is 42.1 Å². The van der Waals surface area contributed by atoms with Gasteiger partial charge in [0.25, 0.3) is 0 Å². The summed E-state index contributed by atoms with van der Waals surface area (Å²) >= 11 is 3.07. The fourth-order valence-electron chi connectivity index (χ4n) is 2.48. The van der Waals surface area contributed by atoms with Crippen LogP contribution in [0.1, 0.15) is 6.92 Å². The Bertz CT molecular complexity index is 863. The zero-order valence-electron chi connectivity index (χ0n) is 14.7. The van der Waals surface area contributed by atoms with Crippen molar-refractivity contribution in [1.29, 1.82) is 0 Å². The lowest BCUT2D eigenvalue weighted by Crippen LogP contribution is -2.14. The molecule has 0 saturated heterocycles. The predicted octanol–water partition coefficient (Wildman–Crippen LogP) is 4.42. The zero-order chi connectivity index (χ0) is 18.4. The highest BCUT2D eigenvalue weighted by atomic mass is 32.2. The first-order chi connectivity index (χ1) is 12.7. The SMILES string of the molecule is CCn1c(SCC(=O)Nc2ccc(SC)cc2)nnc1-c1ccccc1. The summed E-state index contributed by atoms with van der Waals surface area (Å²) in [4.78, 5) is 13.4. The maximum absolute atomic E-state index is 12.2. The molecule has 0 radical (unpaired) electrons. The molecule has 3 rings (SSSR count). The second kappa shape index (κ2) is 8.91. The quantitative estimate of drug-likeness (QED) is 0.611. The minimum atomic E-state index is -0.0567. The lowest BCUT2D eigenvalue weighted by molar-refractivity contribution is -0.113. The van der Waals surface area contributed by atoms with Crippen LogP contribution in [-0.2, 0) is 11.3 Å². The summed E-state index contributed by atoms with van der Waals surface area (Å²) in [5, 5.41) is 12.2. The second-order valence-corrected chi connectivity index (χ2v) is 7.30. The van der Waals surface area contributed by atoms with Crippen molar-refractivity contribution in [2.45, 2.75) is 23.5 Å². The number of hydrogen-bond acceptors (Lipinski definition) is 5. The standard InChI is InChI=1S/C19H20N4OS2/c1-3-23-18(14-7-5-4-6-8-14)21-22-19(23)26-13-17(24)20-15-9-11-16(25-2)12-10-15/h4-12H,3,13H2,1-2H3,(H,20,24). The van der Waals surface area contributed by atoms with E-state index in [-0.39, 0.29) is 11.7 Å². The number of carbonyl (C=O) groups excluding carboxylic acids is 1. The Balaban J connectivity index is 1.64. The molecule has 0 bridgehead atoms. The molecule has 0 aliphatic carbocycles. The van der Waals surface area contributed by atoms with Gasteiger partial charge in [-0.15, -0.1) is 22.0 Å². The van der Waals surface area contributed by atoms with E-state index in [1.165, 1.54) is 16.7 Å². The number of rotatable bonds is 7. The van der Waals surface area contributed by atoms with Crippen LogP contribution in [0.25, 0.3) is 11.4 Å².